The van der Waals surface area contributed by atoms with Gasteiger partial charge in [-0.15, -0.1) is 0 Å². The molecule has 7 nitrogen and oxygen atoms in total. The maximum atomic E-state index is 13.6. The molecule has 0 atom stereocenters. The molecule has 0 aliphatic carbocycles. The number of amides is 3. The van der Waals surface area contributed by atoms with Gasteiger partial charge in [-0.3, -0.25) is 10.1 Å². The molecule has 0 saturated carbocycles. The monoisotopic (exact) mass is 452 g/mol. The van der Waals surface area contributed by atoms with E-state index in [9.17, 15) is 18.4 Å². The van der Waals surface area contributed by atoms with Gasteiger partial charge in [-0.1, -0.05) is 29.3 Å². The molecule has 0 aliphatic rings. The Labute approximate surface area is 179 Å². The van der Waals surface area contributed by atoms with Gasteiger partial charge >= 0.3 is 6.03 Å². The Hall–Kier alpha value is -3.30. The van der Waals surface area contributed by atoms with Crippen molar-refractivity contribution in [2.75, 3.05) is 5.32 Å². The van der Waals surface area contributed by atoms with E-state index in [0.717, 1.165) is 18.2 Å². The Balaban J connectivity index is 1.71. The highest BCUT2D eigenvalue weighted by molar-refractivity contribution is 6.37. The lowest BCUT2D eigenvalue weighted by Gasteiger charge is -2.12. The molecule has 2 aromatic carbocycles. The molecule has 0 saturated heterocycles. The molecule has 2 N–H and O–H groups in total. The van der Waals surface area contributed by atoms with Gasteiger partial charge in [-0.2, -0.15) is 0 Å². The number of carbonyl (C=O) groups excluding carboxylic acids is 2. The van der Waals surface area contributed by atoms with Gasteiger partial charge in [0.15, 0.2) is 11.5 Å². The Morgan fingerprint density at radius 2 is 1.60 bits per heavy atom. The quantitative estimate of drug-likeness (QED) is 0.572. The van der Waals surface area contributed by atoms with Crippen LogP contribution in [0.1, 0.15) is 16.2 Å². The van der Waals surface area contributed by atoms with Crippen molar-refractivity contribution in [3.63, 3.8) is 0 Å². The second-order valence-electron chi connectivity index (χ2n) is 5.84. The molecule has 30 heavy (non-hydrogen) atoms. The number of halogens is 4. The third kappa shape index (κ3) is 5.00. The van der Waals surface area contributed by atoms with Crippen molar-refractivity contribution >= 4 is 40.8 Å². The van der Waals surface area contributed by atoms with Crippen molar-refractivity contribution in [2.24, 2.45) is 0 Å². The summed E-state index contributed by atoms with van der Waals surface area (Å²) in [6.45, 7) is 1.71. The van der Waals surface area contributed by atoms with Crippen molar-refractivity contribution in [3.8, 4) is 11.5 Å². The van der Waals surface area contributed by atoms with E-state index in [1.54, 1.807) is 6.92 Å². The number of aromatic nitrogens is 2. The molecule has 1 aromatic heterocycles. The third-order valence-electron chi connectivity index (χ3n) is 3.65. The first kappa shape index (κ1) is 21.4. The Morgan fingerprint density at radius 1 is 1.03 bits per heavy atom. The Bertz CT molecular complexity index is 1080. The predicted octanol–water partition coefficient (Wildman–Crippen LogP) is 5.12. The first-order chi connectivity index (χ1) is 14.2. The number of imide groups is 1. The van der Waals surface area contributed by atoms with Gasteiger partial charge in [0.1, 0.15) is 23.0 Å². The zero-order chi connectivity index (χ0) is 21.8. The number of nitrogens with one attached hydrogen (secondary N) is 2. The second kappa shape index (κ2) is 9.02. The molecule has 0 aliphatic heterocycles. The number of rotatable bonds is 4. The average Bonchev–Trinajstić information content (AvgIpc) is 2.66. The molecule has 154 valence electrons. The van der Waals surface area contributed by atoms with E-state index in [2.05, 4.69) is 15.3 Å². The van der Waals surface area contributed by atoms with E-state index in [-0.39, 0.29) is 21.5 Å². The van der Waals surface area contributed by atoms with Gasteiger partial charge < -0.3 is 10.1 Å². The van der Waals surface area contributed by atoms with Gasteiger partial charge in [0.25, 0.3) is 5.91 Å². The van der Waals surface area contributed by atoms with E-state index in [1.807, 2.05) is 5.32 Å². The van der Waals surface area contributed by atoms with Crippen LogP contribution in [-0.2, 0) is 0 Å². The molecular weight excluding hydrogens is 441 g/mol. The largest absolute Gasteiger partial charge is 0.451 e. The summed E-state index contributed by atoms with van der Waals surface area (Å²) in [4.78, 5) is 32.0. The van der Waals surface area contributed by atoms with E-state index in [1.165, 1.54) is 24.5 Å². The maximum Gasteiger partial charge on any atom is 0.326 e. The molecule has 0 unspecified atom stereocenters. The lowest BCUT2D eigenvalue weighted by Crippen LogP contribution is -2.35. The normalized spacial score (nSPS) is 10.4. The number of anilines is 1. The summed E-state index contributed by atoms with van der Waals surface area (Å²) in [6.07, 6.45) is 2.87. The van der Waals surface area contributed by atoms with Crippen molar-refractivity contribution in [3.05, 3.63) is 75.8 Å². The predicted molar refractivity (Wildman–Crippen MR) is 106 cm³/mol. The number of aryl methyl sites for hydroxylation is 1. The summed E-state index contributed by atoms with van der Waals surface area (Å²) in [5.74, 6) is -2.52. The first-order valence-corrected chi connectivity index (χ1v) is 9.02. The number of urea groups is 1. The van der Waals surface area contributed by atoms with Crippen molar-refractivity contribution in [2.45, 2.75) is 6.92 Å². The van der Waals surface area contributed by atoms with Crippen LogP contribution in [0.25, 0.3) is 0 Å². The van der Waals surface area contributed by atoms with Gasteiger partial charge in [0.2, 0.25) is 0 Å². The summed E-state index contributed by atoms with van der Waals surface area (Å²) < 4.78 is 32.8. The molecule has 0 fully saturated rings. The van der Waals surface area contributed by atoms with Crippen LogP contribution in [0.3, 0.4) is 0 Å². The highest BCUT2D eigenvalue weighted by atomic mass is 35.5. The molecule has 0 spiro atoms. The Morgan fingerprint density at radius 3 is 2.17 bits per heavy atom. The minimum absolute atomic E-state index is 0.0462. The molecule has 3 amide bonds. The molecule has 0 bridgehead atoms. The summed E-state index contributed by atoms with van der Waals surface area (Å²) in [6, 6.07) is 4.46. The third-order valence-corrected chi connectivity index (χ3v) is 4.21. The molecular formula is C19H12Cl2F2N4O3. The number of hydrogen-bond donors (Lipinski definition) is 2. The molecule has 1 heterocycles. The second-order valence-corrected chi connectivity index (χ2v) is 6.66. The van der Waals surface area contributed by atoms with Crippen LogP contribution in [0.5, 0.6) is 11.5 Å². The lowest BCUT2D eigenvalue weighted by atomic mass is 10.2. The highest BCUT2D eigenvalue weighted by Gasteiger charge is 2.20. The van der Waals surface area contributed by atoms with Gasteiger partial charge in [0.05, 0.1) is 22.4 Å². The average molecular weight is 453 g/mol. The number of nitrogens with zero attached hydrogens (tertiary/aromatic N) is 2. The Kier molecular flexibility index (Phi) is 6.43. The van der Waals surface area contributed by atoms with Crippen LogP contribution in [0.15, 0.2) is 42.7 Å². The van der Waals surface area contributed by atoms with E-state index in [0.29, 0.717) is 11.6 Å². The molecule has 11 heteroatoms. The zero-order valence-electron chi connectivity index (χ0n) is 15.2. The van der Waals surface area contributed by atoms with Crippen LogP contribution >= 0.6 is 23.2 Å². The summed E-state index contributed by atoms with van der Waals surface area (Å²) in [5, 5.41) is 4.21. The van der Waals surface area contributed by atoms with Crippen LogP contribution in [0.2, 0.25) is 10.0 Å². The van der Waals surface area contributed by atoms with Crippen LogP contribution in [0, 0.1) is 18.6 Å². The summed E-state index contributed by atoms with van der Waals surface area (Å²) >= 11 is 12.3. The maximum absolute atomic E-state index is 13.6. The SMILES string of the molecule is Cc1ncc(Oc2c(Cl)cc(NC(=O)NC(=O)c3c(F)cccc3F)cc2Cl)cn1. The minimum Gasteiger partial charge on any atom is -0.451 e. The standard InChI is InChI=1S/C19H12Cl2F2N4O3/c1-9-24-7-11(8-25-9)30-17-12(20)5-10(6-13(17)21)26-19(29)27-18(28)16-14(22)3-2-4-15(16)23/h2-8H,1H3,(H2,26,27,28,29). The fourth-order valence-corrected chi connectivity index (χ4v) is 2.89. The van der Waals surface area contributed by atoms with Crippen molar-refractivity contribution in [1.82, 2.24) is 15.3 Å². The summed E-state index contributed by atoms with van der Waals surface area (Å²) in [5.41, 5.74) is -0.774. The smallest absolute Gasteiger partial charge is 0.326 e. The molecule has 3 rings (SSSR count). The topological polar surface area (TPSA) is 93.2 Å². The first-order valence-electron chi connectivity index (χ1n) is 8.26. The van der Waals surface area contributed by atoms with Crippen LogP contribution in [0.4, 0.5) is 19.3 Å². The van der Waals surface area contributed by atoms with E-state index < -0.39 is 29.1 Å². The van der Waals surface area contributed by atoms with Crippen molar-refractivity contribution < 1.29 is 23.1 Å². The van der Waals surface area contributed by atoms with Gasteiger partial charge in [-0.05, 0) is 31.2 Å². The van der Waals surface area contributed by atoms with Crippen LogP contribution < -0.4 is 15.4 Å². The molecule has 3 aromatic rings. The van der Waals surface area contributed by atoms with Gasteiger partial charge in [-0.25, -0.2) is 23.5 Å². The summed E-state index contributed by atoms with van der Waals surface area (Å²) in [7, 11) is 0. The minimum atomic E-state index is -1.25. The highest BCUT2D eigenvalue weighted by Crippen LogP contribution is 2.38. The number of ether oxygens (including phenoxy) is 1. The van der Waals surface area contributed by atoms with Crippen LogP contribution in [-0.4, -0.2) is 21.9 Å². The number of carbonyl (C=O) groups is 2. The fraction of sp³-hybridized carbons (Fsp3) is 0.0526. The van der Waals surface area contributed by atoms with E-state index >= 15 is 0 Å². The van der Waals surface area contributed by atoms with E-state index in [4.69, 9.17) is 27.9 Å². The fourth-order valence-electron chi connectivity index (χ4n) is 2.32. The number of benzene rings is 2. The molecule has 0 radical (unpaired) electrons. The van der Waals surface area contributed by atoms with Crippen molar-refractivity contribution in [1.29, 1.82) is 0 Å². The zero-order valence-corrected chi connectivity index (χ0v) is 16.7. The van der Waals surface area contributed by atoms with Gasteiger partial charge in [0, 0.05) is 5.69 Å². The number of hydrogen-bond acceptors (Lipinski definition) is 5. The lowest BCUT2D eigenvalue weighted by molar-refractivity contribution is 0.0959.